The van der Waals surface area contributed by atoms with Gasteiger partial charge in [0.1, 0.15) is 0 Å². The van der Waals surface area contributed by atoms with Crippen LogP contribution in [0.4, 0.5) is 5.69 Å². The lowest BCUT2D eigenvalue weighted by molar-refractivity contribution is -0.131. The third-order valence-corrected chi connectivity index (χ3v) is 3.27. The first kappa shape index (κ1) is 17.7. The number of hydrogen-bond donors (Lipinski definition) is 1. The molecule has 0 spiro atoms. The molecule has 0 saturated heterocycles. The highest BCUT2D eigenvalue weighted by Crippen LogP contribution is 2.12. The topological polar surface area (TPSA) is 69.7 Å². The predicted octanol–water partition coefficient (Wildman–Crippen LogP) is 1.59. The molecule has 0 atom stereocenters. The summed E-state index contributed by atoms with van der Waals surface area (Å²) in [7, 11) is 1.59. The summed E-state index contributed by atoms with van der Waals surface area (Å²) in [6.07, 6.45) is 0. The average molecular weight is 305 g/mol. The van der Waals surface area contributed by atoms with Gasteiger partial charge in [-0.1, -0.05) is 6.07 Å². The van der Waals surface area contributed by atoms with Gasteiger partial charge in [-0.3, -0.25) is 14.4 Å². The molecule has 0 aliphatic carbocycles. The molecular weight excluding hydrogens is 282 g/mol. The first-order chi connectivity index (χ1) is 10.4. The first-order valence-electron chi connectivity index (χ1n) is 7.29. The number of carbonyl (C=O) groups excluding carboxylic acids is 3. The second kappa shape index (κ2) is 8.17. The molecule has 0 unspecified atom stereocenters. The summed E-state index contributed by atoms with van der Waals surface area (Å²) in [6.45, 7) is 6.49. The maximum atomic E-state index is 12.4. The van der Waals surface area contributed by atoms with Crippen molar-refractivity contribution >= 4 is 23.4 Å². The molecule has 0 heterocycles. The van der Waals surface area contributed by atoms with E-state index in [0.29, 0.717) is 24.3 Å². The predicted molar refractivity (Wildman–Crippen MR) is 85.6 cm³/mol. The van der Waals surface area contributed by atoms with E-state index in [0.717, 1.165) is 0 Å². The lowest BCUT2D eigenvalue weighted by Gasteiger charge is -2.23. The zero-order valence-corrected chi connectivity index (χ0v) is 13.5. The smallest absolute Gasteiger partial charge is 0.254 e. The van der Waals surface area contributed by atoms with Gasteiger partial charge in [0.2, 0.25) is 11.8 Å². The quantitative estimate of drug-likeness (QED) is 0.867. The molecule has 0 bridgehead atoms. The van der Waals surface area contributed by atoms with E-state index >= 15 is 0 Å². The Morgan fingerprint density at radius 2 is 1.77 bits per heavy atom. The van der Waals surface area contributed by atoms with Crippen LogP contribution in [0.15, 0.2) is 24.3 Å². The number of hydrogen-bond acceptors (Lipinski definition) is 3. The van der Waals surface area contributed by atoms with Crippen molar-refractivity contribution < 1.29 is 14.4 Å². The molecule has 1 aromatic rings. The Labute approximate surface area is 131 Å². The molecule has 1 N–H and O–H groups in total. The molecule has 0 aromatic heterocycles. The van der Waals surface area contributed by atoms with Crippen LogP contribution in [0.2, 0.25) is 0 Å². The van der Waals surface area contributed by atoms with Crippen molar-refractivity contribution in [1.82, 2.24) is 9.80 Å². The number of amides is 3. The summed E-state index contributed by atoms with van der Waals surface area (Å²) < 4.78 is 0. The fraction of sp³-hybridized carbons (Fsp3) is 0.438. The summed E-state index contributed by atoms with van der Waals surface area (Å²) in [6, 6.07) is 6.66. The van der Waals surface area contributed by atoms with Crippen LogP contribution in [0, 0.1) is 0 Å². The molecule has 1 aromatic carbocycles. The molecule has 6 heteroatoms. The second-order valence-corrected chi connectivity index (χ2v) is 4.99. The zero-order chi connectivity index (χ0) is 16.7. The normalized spacial score (nSPS) is 10.0. The van der Waals surface area contributed by atoms with Crippen molar-refractivity contribution in [3.8, 4) is 0 Å². The van der Waals surface area contributed by atoms with Gasteiger partial charge in [0, 0.05) is 38.3 Å². The highest BCUT2D eigenvalue weighted by Gasteiger charge is 2.18. The minimum Gasteiger partial charge on any atom is -0.342 e. The van der Waals surface area contributed by atoms with Gasteiger partial charge in [-0.2, -0.15) is 0 Å². The standard InChI is InChI=1S/C16H23N3O3/c1-5-19(6-2)15(21)11-18(4)16(22)13-8-7-9-14(10-13)17-12(3)20/h7-10H,5-6,11H2,1-4H3,(H,17,20). The number of nitrogens with zero attached hydrogens (tertiary/aromatic N) is 2. The zero-order valence-electron chi connectivity index (χ0n) is 13.5. The van der Waals surface area contributed by atoms with Gasteiger partial charge in [-0.15, -0.1) is 0 Å². The fourth-order valence-electron chi connectivity index (χ4n) is 2.10. The Balaban J connectivity index is 2.78. The van der Waals surface area contributed by atoms with Crippen LogP contribution in [0.5, 0.6) is 0 Å². The molecule has 0 aliphatic heterocycles. The maximum absolute atomic E-state index is 12.4. The molecule has 0 radical (unpaired) electrons. The van der Waals surface area contributed by atoms with Crippen LogP contribution in [0.3, 0.4) is 0 Å². The van der Waals surface area contributed by atoms with Crippen molar-refractivity contribution in [3.05, 3.63) is 29.8 Å². The molecule has 1 rings (SSSR count). The Bertz CT molecular complexity index is 553. The lowest BCUT2D eigenvalue weighted by atomic mass is 10.1. The van der Waals surface area contributed by atoms with Crippen molar-refractivity contribution in [1.29, 1.82) is 0 Å². The van der Waals surface area contributed by atoms with Gasteiger partial charge < -0.3 is 15.1 Å². The van der Waals surface area contributed by atoms with E-state index in [2.05, 4.69) is 5.32 Å². The SMILES string of the molecule is CCN(CC)C(=O)CN(C)C(=O)c1cccc(NC(C)=O)c1. The maximum Gasteiger partial charge on any atom is 0.254 e. The molecule has 3 amide bonds. The van der Waals surface area contributed by atoms with Crippen LogP contribution < -0.4 is 5.32 Å². The molecule has 0 aliphatic rings. The van der Waals surface area contributed by atoms with Crippen molar-refractivity contribution in [2.75, 3.05) is 32.0 Å². The Morgan fingerprint density at radius 3 is 2.32 bits per heavy atom. The minimum absolute atomic E-state index is 0.0326. The first-order valence-corrected chi connectivity index (χ1v) is 7.29. The van der Waals surface area contributed by atoms with E-state index in [1.165, 1.54) is 11.8 Å². The fourth-order valence-corrected chi connectivity index (χ4v) is 2.10. The van der Waals surface area contributed by atoms with Crippen molar-refractivity contribution in [3.63, 3.8) is 0 Å². The lowest BCUT2D eigenvalue weighted by Crippen LogP contribution is -2.41. The highest BCUT2D eigenvalue weighted by molar-refractivity contribution is 5.98. The Morgan fingerprint density at radius 1 is 1.14 bits per heavy atom. The summed E-state index contributed by atoms with van der Waals surface area (Å²) in [4.78, 5) is 38.5. The van der Waals surface area contributed by atoms with E-state index < -0.39 is 0 Å². The number of rotatable bonds is 6. The van der Waals surface area contributed by atoms with E-state index in [9.17, 15) is 14.4 Å². The highest BCUT2D eigenvalue weighted by atomic mass is 16.2. The second-order valence-electron chi connectivity index (χ2n) is 4.99. The van der Waals surface area contributed by atoms with E-state index in [1.54, 1.807) is 36.2 Å². The van der Waals surface area contributed by atoms with Crippen LogP contribution in [-0.4, -0.2) is 54.2 Å². The van der Waals surface area contributed by atoms with E-state index in [1.807, 2.05) is 13.8 Å². The monoisotopic (exact) mass is 305 g/mol. The summed E-state index contributed by atoms with van der Waals surface area (Å²) in [5.74, 6) is -0.541. The summed E-state index contributed by atoms with van der Waals surface area (Å²) >= 11 is 0. The van der Waals surface area contributed by atoms with Gasteiger partial charge >= 0.3 is 0 Å². The molecule has 6 nitrogen and oxygen atoms in total. The molecule has 120 valence electrons. The number of benzene rings is 1. The Kier molecular flexibility index (Phi) is 6.56. The van der Waals surface area contributed by atoms with E-state index in [4.69, 9.17) is 0 Å². The van der Waals surface area contributed by atoms with Gasteiger partial charge in [0.25, 0.3) is 5.91 Å². The van der Waals surface area contributed by atoms with Crippen LogP contribution in [0.25, 0.3) is 0 Å². The Hall–Kier alpha value is -2.37. The number of anilines is 1. The summed E-state index contributed by atoms with van der Waals surface area (Å²) in [5, 5.41) is 2.63. The van der Waals surface area contributed by atoms with Crippen LogP contribution >= 0.6 is 0 Å². The largest absolute Gasteiger partial charge is 0.342 e. The molecule has 0 saturated carbocycles. The molecular formula is C16H23N3O3. The molecule has 0 fully saturated rings. The molecule has 22 heavy (non-hydrogen) atoms. The van der Waals surface area contributed by atoms with Gasteiger partial charge in [-0.05, 0) is 32.0 Å². The third-order valence-electron chi connectivity index (χ3n) is 3.27. The third kappa shape index (κ3) is 4.87. The van der Waals surface area contributed by atoms with Gasteiger partial charge in [-0.25, -0.2) is 0 Å². The number of likely N-dealkylation sites (N-methyl/N-ethyl adjacent to an activating group) is 2. The van der Waals surface area contributed by atoms with Gasteiger partial charge in [0.05, 0.1) is 6.54 Å². The van der Waals surface area contributed by atoms with Crippen LogP contribution in [-0.2, 0) is 9.59 Å². The van der Waals surface area contributed by atoms with Crippen molar-refractivity contribution in [2.24, 2.45) is 0 Å². The average Bonchev–Trinajstić information content (AvgIpc) is 2.47. The van der Waals surface area contributed by atoms with Crippen LogP contribution in [0.1, 0.15) is 31.1 Å². The number of carbonyl (C=O) groups is 3. The minimum atomic E-state index is -0.257. The van der Waals surface area contributed by atoms with Crippen molar-refractivity contribution in [2.45, 2.75) is 20.8 Å². The van der Waals surface area contributed by atoms with E-state index in [-0.39, 0.29) is 24.3 Å². The number of nitrogens with one attached hydrogen (secondary N) is 1. The van der Waals surface area contributed by atoms with Gasteiger partial charge in [0.15, 0.2) is 0 Å². The summed E-state index contributed by atoms with van der Waals surface area (Å²) in [5.41, 5.74) is 0.989.